The van der Waals surface area contributed by atoms with E-state index in [1.807, 2.05) is 19.1 Å². The van der Waals surface area contributed by atoms with Gasteiger partial charge in [-0.25, -0.2) is 12.8 Å². The Hall–Kier alpha value is -2.25. The van der Waals surface area contributed by atoms with E-state index in [4.69, 9.17) is 0 Å². The lowest BCUT2D eigenvalue weighted by Gasteiger charge is -2.32. The van der Waals surface area contributed by atoms with Crippen molar-refractivity contribution in [2.24, 2.45) is 5.92 Å². The maximum Gasteiger partial charge on any atom is 0.243 e. The number of amides is 1. The van der Waals surface area contributed by atoms with E-state index in [-0.39, 0.29) is 23.4 Å². The Labute approximate surface area is 172 Å². The highest BCUT2D eigenvalue weighted by Gasteiger charge is 2.33. The number of hydrogen-bond donors (Lipinski definition) is 1. The summed E-state index contributed by atoms with van der Waals surface area (Å²) in [6.07, 6.45) is 2.21. The van der Waals surface area contributed by atoms with E-state index in [1.54, 1.807) is 0 Å². The molecule has 1 saturated heterocycles. The Morgan fingerprint density at radius 1 is 1.17 bits per heavy atom. The fourth-order valence-corrected chi connectivity index (χ4v) is 5.11. The van der Waals surface area contributed by atoms with Gasteiger partial charge in [0.15, 0.2) is 0 Å². The van der Waals surface area contributed by atoms with Crippen LogP contribution >= 0.6 is 0 Å². The van der Waals surface area contributed by atoms with Crippen LogP contribution in [0.4, 0.5) is 4.39 Å². The van der Waals surface area contributed by atoms with Crippen LogP contribution in [0.5, 0.6) is 0 Å². The van der Waals surface area contributed by atoms with Gasteiger partial charge in [0.2, 0.25) is 15.9 Å². The fourth-order valence-electron chi connectivity index (χ4n) is 3.59. The summed E-state index contributed by atoms with van der Waals surface area (Å²) in [6, 6.07) is 12.8. The summed E-state index contributed by atoms with van der Waals surface area (Å²) in [4.78, 5) is 12.8. The molecule has 2 aromatic rings. The van der Waals surface area contributed by atoms with E-state index in [2.05, 4.69) is 24.4 Å². The number of hydrogen-bond acceptors (Lipinski definition) is 3. The van der Waals surface area contributed by atoms with Crippen LogP contribution in [0.2, 0.25) is 0 Å². The van der Waals surface area contributed by atoms with Gasteiger partial charge in [-0.1, -0.05) is 31.2 Å². The second kappa shape index (κ2) is 9.05. The van der Waals surface area contributed by atoms with Crippen LogP contribution in [0.1, 0.15) is 43.9 Å². The minimum absolute atomic E-state index is 0.0457. The molecule has 29 heavy (non-hydrogen) atoms. The molecule has 0 spiro atoms. The molecule has 1 aliphatic heterocycles. The van der Waals surface area contributed by atoms with Gasteiger partial charge in [-0.3, -0.25) is 4.79 Å². The minimum Gasteiger partial charge on any atom is -0.349 e. The van der Waals surface area contributed by atoms with Crippen molar-refractivity contribution in [3.63, 3.8) is 0 Å². The van der Waals surface area contributed by atoms with Gasteiger partial charge in [0, 0.05) is 13.1 Å². The highest BCUT2D eigenvalue weighted by molar-refractivity contribution is 7.89. The standard InChI is InChI=1S/C22H27FN2O3S/c1-3-17-6-8-18(9-7-17)16(2)24-22(26)19-5-4-14-25(15-19)29(27,28)21-12-10-20(23)11-13-21/h6-13,16,19H,3-5,14-15H2,1-2H3,(H,24,26). The molecule has 156 valence electrons. The summed E-state index contributed by atoms with van der Waals surface area (Å²) in [5.74, 6) is -1.03. The van der Waals surface area contributed by atoms with Crippen molar-refractivity contribution in [3.05, 3.63) is 65.5 Å². The van der Waals surface area contributed by atoms with Gasteiger partial charge in [-0.15, -0.1) is 0 Å². The second-order valence-corrected chi connectivity index (χ2v) is 9.42. The first-order valence-electron chi connectivity index (χ1n) is 9.96. The Morgan fingerprint density at radius 3 is 2.45 bits per heavy atom. The molecule has 1 N–H and O–H groups in total. The van der Waals surface area contributed by atoms with Gasteiger partial charge < -0.3 is 5.32 Å². The van der Waals surface area contributed by atoms with Crippen molar-refractivity contribution in [1.29, 1.82) is 0 Å². The van der Waals surface area contributed by atoms with Gasteiger partial charge in [-0.2, -0.15) is 4.31 Å². The quantitative estimate of drug-likeness (QED) is 0.778. The molecular weight excluding hydrogens is 391 g/mol. The molecule has 0 saturated carbocycles. The van der Waals surface area contributed by atoms with Crippen molar-refractivity contribution in [2.45, 2.75) is 44.0 Å². The number of benzene rings is 2. The predicted octanol–water partition coefficient (Wildman–Crippen LogP) is 3.67. The van der Waals surface area contributed by atoms with Crippen LogP contribution in [-0.2, 0) is 21.2 Å². The second-order valence-electron chi connectivity index (χ2n) is 7.48. The summed E-state index contributed by atoms with van der Waals surface area (Å²) >= 11 is 0. The lowest BCUT2D eigenvalue weighted by molar-refractivity contribution is -0.126. The Morgan fingerprint density at radius 2 is 1.83 bits per heavy atom. The van der Waals surface area contributed by atoms with E-state index >= 15 is 0 Å². The number of piperidine rings is 1. The lowest BCUT2D eigenvalue weighted by atomic mass is 9.97. The zero-order chi connectivity index (χ0) is 21.0. The number of aryl methyl sites for hydroxylation is 1. The minimum atomic E-state index is -3.75. The lowest BCUT2D eigenvalue weighted by Crippen LogP contribution is -2.45. The van der Waals surface area contributed by atoms with Crippen LogP contribution in [0.15, 0.2) is 53.4 Å². The molecule has 1 heterocycles. The molecule has 2 aromatic carbocycles. The predicted molar refractivity (Wildman–Crippen MR) is 110 cm³/mol. The van der Waals surface area contributed by atoms with Gasteiger partial charge in [0.1, 0.15) is 5.82 Å². The van der Waals surface area contributed by atoms with Gasteiger partial charge in [0.25, 0.3) is 0 Å². The van der Waals surface area contributed by atoms with Crippen molar-refractivity contribution < 1.29 is 17.6 Å². The van der Waals surface area contributed by atoms with Gasteiger partial charge >= 0.3 is 0 Å². The van der Waals surface area contributed by atoms with E-state index in [9.17, 15) is 17.6 Å². The molecule has 1 amide bonds. The molecule has 0 radical (unpaired) electrons. The summed E-state index contributed by atoms with van der Waals surface area (Å²) in [6.45, 7) is 4.51. The Balaban J connectivity index is 1.66. The number of sulfonamides is 1. The smallest absolute Gasteiger partial charge is 0.243 e. The Kier molecular flexibility index (Phi) is 6.70. The zero-order valence-corrected chi connectivity index (χ0v) is 17.6. The molecule has 1 fully saturated rings. The highest BCUT2D eigenvalue weighted by atomic mass is 32.2. The van der Waals surface area contributed by atoms with Crippen LogP contribution in [0.25, 0.3) is 0 Å². The average molecular weight is 419 g/mol. The van der Waals surface area contributed by atoms with Crippen molar-refractivity contribution in [1.82, 2.24) is 9.62 Å². The van der Waals surface area contributed by atoms with Crippen LogP contribution in [0, 0.1) is 11.7 Å². The third-order valence-corrected chi connectivity index (χ3v) is 7.33. The van der Waals surface area contributed by atoms with Gasteiger partial charge in [-0.05, 0) is 61.6 Å². The third-order valence-electron chi connectivity index (χ3n) is 5.45. The number of carbonyl (C=O) groups is 1. The van der Waals surface area contributed by atoms with E-state index in [0.717, 1.165) is 24.1 Å². The van der Waals surface area contributed by atoms with E-state index in [1.165, 1.54) is 22.0 Å². The van der Waals surface area contributed by atoms with Crippen LogP contribution in [0.3, 0.4) is 0 Å². The first-order chi connectivity index (χ1) is 13.8. The topological polar surface area (TPSA) is 66.5 Å². The SMILES string of the molecule is CCc1ccc(C(C)NC(=O)C2CCCN(S(=O)(=O)c3ccc(F)cc3)C2)cc1. The summed E-state index contributed by atoms with van der Waals surface area (Å²) < 4.78 is 40.1. The maximum atomic E-state index is 13.1. The van der Waals surface area contributed by atoms with Crippen molar-refractivity contribution >= 4 is 15.9 Å². The van der Waals surface area contributed by atoms with E-state index < -0.39 is 21.8 Å². The number of nitrogens with one attached hydrogen (secondary N) is 1. The summed E-state index contributed by atoms with van der Waals surface area (Å²) in [5, 5.41) is 3.01. The van der Waals surface area contributed by atoms with E-state index in [0.29, 0.717) is 19.4 Å². The highest BCUT2D eigenvalue weighted by Crippen LogP contribution is 2.25. The van der Waals surface area contributed by atoms with Crippen LogP contribution in [-0.4, -0.2) is 31.7 Å². The van der Waals surface area contributed by atoms with Crippen molar-refractivity contribution in [2.75, 3.05) is 13.1 Å². The first kappa shape index (κ1) is 21.5. The van der Waals surface area contributed by atoms with Crippen LogP contribution < -0.4 is 5.32 Å². The molecule has 0 bridgehead atoms. The molecule has 3 rings (SSSR count). The molecular formula is C22H27FN2O3S. The molecule has 2 atom stereocenters. The average Bonchev–Trinajstić information content (AvgIpc) is 2.74. The van der Waals surface area contributed by atoms with Gasteiger partial charge in [0.05, 0.1) is 16.9 Å². The van der Waals surface area contributed by atoms with Crippen molar-refractivity contribution in [3.8, 4) is 0 Å². The Bertz CT molecular complexity index is 943. The maximum absolute atomic E-state index is 13.1. The zero-order valence-electron chi connectivity index (χ0n) is 16.8. The summed E-state index contributed by atoms with van der Waals surface area (Å²) in [7, 11) is -3.75. The number of halogens is 1. The summed E-state index contributed by atoms with van der Waals surface area (Å²) in [5.41, 5.74) is 2.25. The molecule has 5 nitrogen and oxygen atoms in total. The molecule has 1 aliphatic rings. The fraction of sp³-hybridized carbons (Fsp3) is 0.409. The third kappa shape index (κ3) is 5.03. The number of rotatable bonds is 6. The normalized spacial score (nSPS) is 18.9. The molecule has 0 aromatic heterocycles. The molecule has 7 heteroatoms. The largest absolute Gasteiger partial charge is 0.349 e. The molecule has 2 unspecified atom stereocenters. The first-order valence-corrected chi connectivity index (χ1v) is 11.4. The number of nitrogens with zero attached hydrogens (tertiary/aromatic N) is 1. The monoisotopic (exact) mass is 418 g/mol. The number of carbonyl (C=O) groups excluding carboxylic acids is 1. The molecule has 0 aliphatic carbocycles.